The second-order valence-corrected chi connectivity index (χ2v) is 15.8. The van der Waals surface area contributed by atoms with Crippen molar-refractivity contribution < 1.29 is 9.59 Å². The summed E-state index contributed by atoms with van der Waals surface area (Å²) in [5.74, 6) is -0.196. The summed E-state index contributed by atoms with van der Waals surface area (Å²) in [4.78, 5) is 41.7. The number of unbranched alkanes of at least 4 members (excludes halogenated alkanes) is 2. The van der Waals surface area contributed by atoms with Crippen molar-refractivity contribution in [2.45, 2.75) is 44.6 Å². The largest absolute Gasteiger partial charge is 0.384 e. The van der Waals surface area contributed by atoms with Gasteiger partial charge in [0, 0.05) is 77.4 Å². The Morgan fingerprint density at radius 2 is 0.651 bits per heavy atom. The molecule has 6 aromatic carbocycles. The Bertz CT molecular complexity index is 2740. The molecule has 9 rings (SSSR count). The van der Waals surface area contributed by atoms with Crippen LogP contribution in [0.5, 0.6) is 0 Å². The molecule has 2 amide bonds. The van der Waals surface area contributed by atoms with Gasteiger partial charge in [-0.15, -0.1) is 12.4 Å². The molecule has 0 saturated heterocycles. The summed E-state index contributed by atoms with van der Waals surface area (Å²) in [5, 5.41) is 23.5. The number of nitrogens with one attached hydrogen (secondary N) is 5. The van der Waals surface area contributed by atoms with Crippen LogP contribution >= 0.6 is 12.4 Å². The number of halogens is 1. The first kappa shape index (κ1) is 42.6. The second-order valence-electron chi connectivity index (χ2n) is 15.8. The van der Waals surface area contributed by atoms with Gasteiger partial charge < -0.3 is 26.6 Å². The Morgan fingerprint density at radius 3 is 0.968 bits per heavy atom. The topological polar surface area (TPSA) is 133 Å². The molecule has 0 aliphatic carbocycles. The highest BCUT2D eigenvalue weighted by molar-refractivity contribution is 6.09. The zero-order valence-electron chi connectivity index (χ0n) is 35.1. The number of nitrogens with zero attached hydrogens (tertiary/aromatic N) is 3. The minimum atomic E-state index is -0.450. The van der Waals surface area contributed by atoms with Gasteiger partial charge in [-0.2, -0.15) is 0 Å². The summed E-state index contributed by atoms with van der Waals surface area (Å²) in [6.07, 6.45) is 3.64. The van der Waals surface area contributed by atoms with E-state index in [0.29, 0.717) is 13.1 Å². The van der Waals surface area contributed by atoms with Crippen LogP contribution in [0.2, 0.25) is 0 Å². The normalized spacial score (nSPS) is 11.3. The van der Waals surface area contributed by atoms with Crippen LogP contribution in [-0.2, 0) is 9.59 Å². The van der Waals surface area contributed by atoms with E-state index in [-0.39, 0.29) is 37.1 Å². The van der Waals surface area contributed by atoms with E-state index in [4.69, 9.17) is 15.0 Å². The van der Waals surface area contributed by atoms with Gasteiger partial charge in [0.2, 0.25) is 11.8 Å². The molecule has 318 valence electrons. The van der Waals surface area contributed by atoms with Crippen molar-refractivity contribution in [1.29, 1.82) is 0 Å². The van der Waals surface area contributed by atoms with Crippen molar-refractivity contribution in [3.63, 3.8) is 0 Å². The maximum Gasteiger partial charge on any atom is 0.222 e. The number of amides is 2. The molecule has 5 N–H and O–H groups in total. The Balaban J connectivity index is 0.00000544. The molecule has 0 fully saturated rings. The van der Waals surface area contributed by atoms with Crippen LogP contribution in [0.3, 0.4) is 0 Å². The molecule has 11 heteroatoms. The Kier molecular flexibility index (Phi) is 13.7. The lowest BCUT2D eigenvalue weighted by Crippen LogP contribution is -2.36. The number of aromatic nitrogens is 3. The molecule has 3 heterocycles. The zero-order valence-corrected chi connectivity index (χ0v) is 35.9. The van der Waals surface area contributed by atoms with Crippen LogP contribution in [0.25, 0.3) is 65.4 Å². The van der Waals surface area contributed by atoms with Crippen LogP contribution < -0.4 is 26.6 Å². The maximum atomic E-state index is 13.6. The molecule has 0 atom stereocenters. The van der Waals surface area contributed by atoms with Crippen molar-refractivity contribution in [3.05, 3.63) is 146 Å². The van der Waals surface area contributed by atoms with Crippen molar-refractivity contribution in [3.8, 4) is 0 Å². The number of hydrogen-bond donors (Lipinski definition) is 5. The molecule has 9 aromatic rings. The van der Waals surface area contributed by atoms with Gasteiger partial charge in [-0.1, -0.05) is 109 Å². The highest BCUT2D eigenvalue weighted by atomic mass is 35.5. The molecular formula is C52H51ClN8O2. The van der Waals surface area contributed by atoms with Gasteiger partial charge in [0.25, 0.3) is 0 Å². The Labute approximate surface area is 372 Å². The summed E-state index contributed by atoms with van der Waals surface area (Å²) in [5.41, 5.74) is 8.59. The van der Waals surface area contributed by atoms with Gasteiger partial charge >= 0.3 is 0 Å². The maximum absolute atomic E-state index is 13.6. The molecule has 0 radical (unpaired) electrons. The van der Waals surface area contributed by atoms with Gasteiger partial charge in [0.05, 0.1) is 50.2 Å². The van der Waals surface area contributed by atoms with E-state index in [2.05, 4.69) is 50.8 Å². The van der Waals surface area contributed by atoms with E-state index in [9.17, 15) is 9.59 Å². The van der Waals surface area contributed by atoms with Gasteiger partial charge in [0.15, 0.2) is 0 Å². The third-order valence-corrected chi connectivity index (χ3v) is 11.4. The average molecular weight is 855 g/mol. The third kappa shape index (κ3) is 9.87. The van der Waals surface area contributed by atoms with Gasteiger partial charge in [0.1, 0.15) is 0 Å². The van der Waals surface area contributed by atoms with Crippen molar-refractivity contribution in [1.82, 2.24) is 25.6 Å². The number of pyridine rings is 3. The summed E-state index contributed by atoms with van der Waals surface area (Å²) in [6.45, 7) is 2.59. The summed E-state index contributed by atoms with van der Waals surface area (Å²) in [7, 11) is 0. The molecule has 63 heavy (non-hydrogen) atoms. The van der Waals surface area contributed by atoms with Crippen LogP contribution in [0.1, 0.15) is 38.5 Å². The number of carbonyl (C=O) groups is 2. The van der Waals surface area contributed by atoms with E-state index in [1.165, 1.54) is 0 Å². The molecule has 10 nitrogen and oxygen atoms in total. The predicted octanol–water partition coefficient (Wildman–Crippen LogP) is 10.8. The quantitative estimate of drug-likeness (QED) is 0.0426. The van der Waals surface area contributed by atoms with Gasteiger partial charge in [-0.3, -0.25) is 9.59 Å². The van der Waals surface area contributed by atoms with Gasteiger partial charge in [-0.05, 0) is 62.1 Å². The monoisotopic (exact) mass is 854 g/mol. The van der Waals surface area contributed by atoms with Crippen LogP contribution in [0.15, 0.2) is 146 Å². The molecule has 0 saturated carbocycles. The SMILES string of the molecule is Cl.O=C(CC(CC(=O)NCCCCNc1c2ccccc2nc2ccccc12)Nc1c2ccccc2nc2ccccc12)NCCCCNc1c2ccccc2nc2ccccc12. The molecule has 0 unspecified atom stereocenters. The van der Waals surface area contributed by atoms with E-state index in [1.807, 2.05) is 121 Å². The minimum Gasteiger partial charge on any atom is -0.384 e. The number of carbonyl (C=O) groups excluding carboxylic acids is 2. The molecule has 0 spiro atoms. The van der Waals surface area contributed by atoms with Crippen LogP contribution in [-0.4, -0.2) is 59.0 Å². The number of rotatable bonds is 18. The first-order valence-electron chi connectivity index (χ1n) is 21.7. The predicted molar refractivity (Wildman–Crippen MR) is 263 cm³/mol. The molecular weight excluding hydrogens is 804 g/mol. The zero-order chi connectivity index (χ0) is 42.1. The first-order valence-corrected chi connectivity index (χ1v) is 21.7. The van der Waals surface area contributed by atoms with E-state index in [1.54, 1.807) is 0 Å². The number of fused-ring (bicyclic) bond motifs is 6. The number of para-hydroxylation sites is 6. The molecule has 3 aromatic heterocycles. The number of benzene rings is 6. The Hall–Kier alpha value is -7.04. The lowest BCUT2D eigenvalue weighted by Gasteiger charge is -2.22. The Morgan fingerprint density at radius 1 is 0.381 bits per heavy atom. The fourth-order valence-corrected chi connectivity index (χ4v) is 8.41. The summed E-state index contributed by atoms with van der Waals surface area (Å²) in [6, 6.07) is 48.3. The van der Waals surface area contributed by atoms with E-state index >= 15 is 0 Å². The fraction of sp³-hybridized carbons (Fsp3) is 0.212. The standard InChI is InChI=1S/C52H50N8O2.ClH/c61-48(53-29-13-15-31-55-50-36-17-1-7-23-42(36)58-43-24-8-2-18-37(43)50)33-35(57-52-40-21-5-11-27-46(40)60-47-28-12-6-22-41(47)52)34-49(62)54-30-14-16-32-56-51-38-19-3-9-25-44(38)59-45-26-10-4-20-39(45)51;/h1-12,17-28,35H,13-16,29-34H2,(H,53,61)(H,54,62)(H,55,58)(H,56,59)(H,57,60);1H. The second kappa shape index (κ2) is 20.2. The van der Waals surface area contributed by atoms with Crippen LogP contribution in [0, 0.1) is 0 Å². The molecule has 0 aliphatic rings. The van der Waals surface area contributed by atoms with Crippen molar-refractivity contribution in [2.24, 2.45) is 0 Å². The molecule has 0 bridgehead atoms. The summed E-state index contributed by atoms with van der Waals surface area (Å²) < 4.78 is 0. The third-order valence-electron chi connectivity index (χ3n) is 11.4. The highest BCUT2D eigenvalue weighted by Gasteiger charge is 2.21. The smallest absolute Gasteiger partial charge is 0.222 e. The summed E-state index contributed by atoms with van der Waals surface area (Å²) >= 11 is 0. The fourth-order valence-electron chi connectivity index (χ4n) is 8.41. The molecule has 0 aliphatic heterocycles. The van der Waals surface area contributed by atoms with Crippen LogP contribution in [0.4, 0.5) is 17.1 Å². The lowest BCUT2D eigenvalue weighted by atomic mass is 10.0. The lowest BCUT2D eigenvalue weighted by molar-refractivity contribution is -0.122. The minimum absolute atomic E-state index is 0. The number of anilines is 3. The highest BCUT2D eigenvalue weighted by Crippen LogP contribution is 2.33. The van der Waals surface area contributed by atoms with Crippen molar-refractivity contribution >= 4 is 107 Å². The average Bonchev–Trinajstić information content (AvgIpc) is 3.30. The van der Waals surface area contributed by atoms with Gasteiger partial charge in [-0.25, -0.2) is 15.0 Å². The first-order chi connectivity index (χ1) is 30.6. The van der Waals surface area contributed by atoms with Crippen molar-refractivity contribution in [2.75, 3.05) is 42.1 Å². The van der Waals surface area contributed by atoms with E-state index in [0.717, 1.165) is 121 Å². The van der Waals surface area contributed by atoms with E-state index < -0.39 is 6.04 Å². The number of hydrogen-bond acceptors (Lipinski definition) is 8.